The number of rotatable bonds is 6. The molecule has 2 aromatic rings. The van der Waals surface area contributed by atoms with Crippen molar-refractivity contribution in [1.82, 2.24) is 0 Å². The maximum absolute atomic E-state index is 12.0. The molecule has 0 atom stereocenters. The van der Waals surface area contributed by atoms with Gasteiger partial charge in [-0.15, -0.1) is 0 Å². The summed E-state index contributed by atoms with van der Waals surface area (Å²) in [4.78, 5) is 12.0. The summed E-state index contributed by atoms with van der Waals surface area (Å²) in [5.74, 6) is 1.46. The quantitative estimate of drug-likeness (QED) is 0.752. The van der Waals surface area contributed by atoms with Crippen molar-refractivity contribution in [2.75, 3.05) is 26.6 Å². The van der Waals surface area contributed by atoms with Crippen molar-refractivity contribution in [1.29, 1.82) is 0 Å². The number of ether oxygens (including phenoxy) is 3. The predicted molar refractivity (Wildman–Crippen MR) is 97.9 cm³/mol. The van der Waals surface area contributed by atoms with Gasteiger partial charge in [-0.05, 0) is 36.4 Å². The smallest absolute Gasteiger partial charge is 0.248 e. The summed E-state index contributed by atoms with van der Waals surface area (Å²) in [7, 11) is 4.66. The van der Waals surface area contributed by atoms with E-state index in [1.807, 2.05) is 24.3 Å². The van der Waals surface area contributed by atoms with Crippen LogP contribution >= 0.6 is 15.9 Å². The third-order valence-corrected chi connectivity index (χ3v) is 3.79. The van der Waals surface area contributed by atoms with Gasteiger partial charge >= 0.3 is 0 Å². The second kappa shape index (κ2) is 8.40. The number of halogens is 1. The van der Waals surface area contributed by atoms with Crippen molar-refractivity contribution in [3.05, 3.63) is 52.5 Å². The average Bonchev–Trinajstić information content (AvgIpc) is 2.61. The molecule has 0 bridgehead atoms. The average molecular weight is 392 g/mol. The number of hydrogen-bond donors (Lipinski definition) is 1. The molecule has 5 nitrogen and oxygen atoms in total. The number of nitrogens with one attached hydrogen (secondary N) is 1. The van der Waals surface area contributed by atoms with Crippen LogP contribution in [0.2, 0.25) is 0 Å². The summed E-state index contributed by atoms with van der Waals surface area (Å²) in [6, 6.07) is 10.8. The maximum Gasteiger partial charge on any atom is 0.248 e. The first kappa shape index (κ1) is 17.9. The SMILES string of the molecule is COc1cc(OC)c(OC)cc1/C=C/C(=O)Nc1ccc(Br)cc1. The molecule has 0 fully saturated rings. The highest BCUT2D eigenvalue weighted by Gasteiger charge is 2.10. The molecule has 24 heavy (non-hydrogen) atoms. The molecule has 2 aromatic carbocycles. The summed E-state index contributed by atoms with van der Waals surface area (Å²) in [5.41, 5.74) is 1.42. The first-order valence-corrected chi connectivity index (χ1v) is 7.91. The lowest BCUT2D eigenvalue weighted by Gasteiger charge is -2.12. The summed E-state index contributed by atoms with van der Waals surface area (Å²) < 4.78 is 16.8. The Morgan fingerprint density at radius 2 is 1.54 bits per heavy atom. The van der Waals surface area contributed by atoms with Gasteiger partial charge in [-0.3, -0.25) is 4.79 Å². The van der Waals surface area contributed by atoms with Crippen molar-refractivity contribution in [2.45, 2.75) is 0 Å². The van der Waals surface area contributed by atoms with Gasteiger partial charge in [0.25, 0.3) is 0 Å². The number of hydrogen-bond acceptors (Lipinski definition) is 4. The molecule has 0 aliphatic carbocycles. The zero-order valence-corrected chi connectivity index (χ0v) is 15.2. The fourth-order valence-electron chi connectivity index (χ4n) is 2.07. The van der Waals surface area contributed by atoms with Crippen LogP contribution in [0.25, 0.3) is 6.08 Å². The van der Waals surface area contributed by atoms with Crippen molar-refractivity contribution in [3.8, 4) is 17.2 Å². The van der Waals surface area contributed by atoms with Crippen LogP contribution in [0, 0.1) is 0 Å². The van der Waals surface area contributed by atoms with Gasteiger partial charge in [-0.25, -0.2) is 0 Å². The van der Waals surface area contributed by atoms with E-state index in [0.717, 1.165) is 4.47 Å². The van der Waals surface area contributed by atoms with Gasteiger partial charge in [0.1, 0.15) is 5.75 Å². The molecule has 1 N–H and O–H groups in total. The Balaban J connectivity index is 2.17. The van der Waals surface area contributed by atoms with Crippen LogP contribution in [0.4, 0.5) is 5.69 Å². The number of amides is 1. The molecule has 6 heteroatoms. The lowest BCUT2D eigenvalue weighted by atomic mass is 10.1. The van der Waals surface area contributed by atoms with E-state index in [2.05, 4.69) is 21.2 Å². The second-order valence-electron chi connectivity index (χ2n) is 4.78. The summed E-state index contributed by atoms with van der Waals surface area (Å²) in [6.07, 6.45) is 3.10. The first-order chi connectivity index (χ1) is 11.6. The highest BCUT2D eigenvalue weighted by atomic mass is 79.9. The van der Waals surface area contributed by atoms with Crippen LogP contribution in [0.15, 0.2) is 46.9 Å². The Morgan fingerprint density at radius 1 is 0.958 bits per heavy atom. The van der Waals surface area contributed by atoms with Gasteiger partial charge in [-0.2, -0.15) is 0 Å². The highest BCUT2D eigenvalue weighted by Crippen LogP contribution is 2.35. The number of benzene rings is 2. The molecule has 0 heterocycles. The minimum Gasteiger partial charge on any atom is -0.496 e. The first-order valence-electron chi connectivity index (χ1n) is 7.12. The highest BCUT2D eigenvalue weighted by molar-refractivity contribution is 9.10. The Hall–Kier alpha value is -2.47. The van der Waals surface area contributed by atoms with Crippen molar-refractivity contribution < 1.29 is 19.0 Å². The fourth-order valence-corrected chi connectivity index (χ4v) is 2.33. The van der Waals surface area contributed by atoms with E-state index in [4.69, 9.17) is 14.2 Å². The van der Waals surface area contributed by atoms with E-state index in [1.165, 1.54) is 6.08 Å². The van der Waals surface area contributed by atoms with E-state index < -0.39 is 0 Å². The molecule has 0 saturated carbocycles. The molecule has 0 saturated heterocycles. The van der Waals surface area contributed by atoms with Crippen LogP contribution in [0.1, 0.15) is 5.56 Å². The number of anilines is 1. The maximum atomic E-state index is 12.0. The van der Waals surface area contributed by atoms with Gasteiger partial charge in [0.15, 0.2) is 11.5 Å². The van der Waals surface area contributed by atoms with Crippen LogP contribution in [0.5, 0.6) is 17.2 Å². The molecule has 126 valence electrons. The number of carbonyl (C=O) groups excluding carboxylic acids is 1. The molecule has 0 radical (unpaired) electrons. The van der Waals surface area contributed by atoms with E-state index >= 15 is 0 Å². The molecule has 0 aromatic heterocycles. The van der Waals surface area contributed by atoms with E-state index in [0.29, 0.717) is 28.5 Å². The summed E-state index contributed by atoms with van der Waals surface area (Å²) in [6.45, 7) is 0. The van der Waals surface area contributed by atoms with Crippen molar-refractivity contribution >= 4 is 33.6 Å². The number of carbonyl (C=O) groups is 1. The third kappa shape index (κ3) is 4.52. The Labute approximate surface area is 149 Å². The minimum absolute atomic E-state index is 0.242. The van der Waals surface area contributed by atoms with Gasteiger partial charge in [0, 0.05) is 27.9 Å². The summed E-state index contributed by atoms with van der Waals surface area (Å²) >= 11 is 3.35. The molecule has 0 unspecified atom stereocenters. The van der Waals surface area contributed by atoms with Crippen molar-refractivity contribution in [3.63, 3.8) is 0 Å². The van der Waals surface area contributed by atoms with E-state index in [1.54, 1.807) is 39.5 Å². The number of methoxy groups -OCH3 is 3. The zero-order valence-electron chi connectivity index (χ0n) is 13.6. The molecule has 0 aliphatic heterocycles. The van der Waals surface area contributed by atoms with Crippen LogP contribution in [-0.2, 0) is 4.79 Å². The van der Waals surface area contributed by atoms with E-state index in [9.17, 15) is 4.79 Å². The van der Waals surface area contributed by atoms with Gasteiger partial charge in [0.05, 0.1) is 21.3 Å². The van der Waals surface area contributed by atoms with Gasteiger partial charge in [-0.1, -0.05) is 15.9 Å². The molecule has 1 amide bonds. The van der Waals surface area contributed by atoms with E-state index in [-0.39, 0.29) is 5.91 Å². The predicted octanol–water partition coefficient (Wildman–Crippen LogP) is 4.13. The fraction of sp³-hybridized carbons (Fsp3) is 0.167. The van der Waals surface area contributed by atoms with Crippen LogP contribution in [0.3, 0.4) is 0 Å². The molecule has 0 spiro atoms. The standard InChI is InChI=1S/C18H18BrNO4/c1-22-15-11-17(24-3)16(23-2)10-12(15)4-9-18(21)20-14-7-5-13(19)6-8-14/h4-11H,1-3H3,(H,20,21)/b9-4+. The van der Waals surface area contributed by atoms with Crippen LogP contribution in [-0.4, -0.2) is 27.2 Å². The van der Waals surface area contributed by atoms with Gasteiger partial charge < -0.3 is 19.5 Å². The Kier molecular flexibility index (Phi) is 6.26. The molecule has 0 aliphatic rings. The lowest BCUT2D eigenvalue weighted by molar-refractivity contribution is -0.111. The molecular weight excluding hydrogens is 374 g/mol. The summed E-state index contributed by atoms with van der Waals surface area (Å²) in [5, 5.41) is 2.78. The topological polar surface area (TPSA) is 56.8 Å². The monoisotopic (exact) mass is 391 g/mol. The Bertz CT molecular complexity index is 741. The van der Waals surface area contributed by atoms with Crippen LogP contribution < -0.4 is 19.5 Å². The Morgan fingerprint density at radius 3 is 2.12 bits per heavy atom. The largest absolute Gasteiger partial charge is 0.496 e. The third-order valence-electron chi connectivity index (χ3n) is 3.26. The van der Waals surface area contributed by atoms with Crippen molar-refractivity contribution in [2.24, 2.45) is 0 Å². The molecular formula is C18H18BrNO4. The second-order valence-corrected chi connectivity index (χ2v) is 5.69. The normalized spacial score (nSPS) is 10.5. The molecule has 2 rings (SSSR count). The van der Waals surface area contributed by atoms with Gasteiger partial charge in [0.2, 0.25) is 5.91 Å². The minimum atomic E-state index is -0.242. The lowest BCUT2D eigenvalue weighted by Crippen LogP contribution is -2.07. The zero-order chi connectivity index (χ0) is 17.5.